The van der Waals surface area contributed by atoms with E-state index in [2.05, 4.69) is 9.79 Å². The van der Waals surface area contributed by atoms with E-state index in [1.54, 1.807) is 24.3 Å². The average molecular weight is 490 g/mol. The molecule has 180 valence electrons. The molecule has 1 aromatic heterocycles. The normalized spacial score (nSPS) is 11.6. The topological polar surface area (TPSA) is 152 Å². The highest BCUT2D eigenvalue weighted by molar-refractivity contribution is 7.91. The number of benzene rings is 2. The van der Waals surface area contributed by atoms with Gasteiger partial charge in [0, 0.05) is 6.42 Å². The first kappa shape index (κ1) is 24.7. The molecule has 0 radical (unpaired) electrons. The van der Waals surface area contributed by atoms with Crippen LogP contribution in [0.4, 0.5) is 0 Å². The fourth-order valence-electron chi connectivity index (χ4n) is 2.78. The van der Waals surface area contributed by atoms with E-state index < -0.39 is 20.7 Å². The van der Waals surface area contributed by atoms with Gasteiger partial charge in [0.05, 0.1) is 30.4 Å². The van der Waals surface area contributed by atoms with E-state index >= 15 is 0 Å². The van der Waals surface area contributed by atoms with Gasteiger partial charge in [0.25, 0.3) is 9.84 Å². The van der Waals surface area contributed by atoms with Gasteiger partial charge in [-0.25, -0.2) is 8.42 Å². The van der Waals surface area contributed by atoms with Crippen LogP contribution in [0.25, 0.3) is 6.08 Å². The summed E-state index contributed by atoms with van der Waals surface area (Å²) < 4.78 is 45.3. The average Bonchev–Trinajstić information content (AvgIpc) is 3.22. The van der Waals surface area contributed by atoms with Gasteiger partial charge in [0.15, 0.2) is 17.3 Å². The maximum atomic E-state index is 12.7. The smallest absolute Gasteiger partial charge is 0.415 e. The Bertz CT molecular complexity index is 1250. The van der Waals surface area contributed by atoms with Crippen LogP contribution in [0, 0.1) is 5.21 Å². The highest BCUT2D eigenvalue weighted by atomic mass is 32.2. The zero-order valence-electron chi connectivity index (χ0n) is 18.1. The standard InChI is InChI=1S/C22H22N2O9S/c1-30-20-15-16(8-10-19(20)26)7-9-17(25)11-12-31-13-14-32-21-22(24(27)33-23-21)34(28,29)18-5-3-2-4-6-18/h2-10,15,26H,11-14H2,1H3/b9-7+. The predicted molar refractivity (Wildman–Crippen MR) is 117 cm³/mol. The molecule has 0 aliphatic rings. The van der Waals surface area contributed by atoms with Crippen LogP contribution < -0.4 is 14.4 Å². The monoisotopic (exact) mass is 490 g/mol. The number of sulfone groups is 1. The summed E-state index contributed by atoms with van der Waals surface area (Å²) in [5.41, 5.74) is 0.682. The van der Waals surface area contributed by atoms with Crippen molar-refractivity contribution in [3.8, 4) is 17.4 Å². The van der Waals surface area contributed by atoms with Gasteiger partial charge in [0.2, 0.25) is 0 Å². The number of phenolic OH excluding ortho intramolecular Hbond substituents is 1. The number of hydrogen-bond acceptors (Lipinski definition) is 10. The lowest BCUT2D eigenvalue weighted by molar-refractivity contribution is -0.832. The summed E-state index contributed by atoms with van der Waals surface area (Å²) in [6.07, 6.45) is 3.07. The van der Waals surface area contributed by atoms with E-state index in [4.69, 9.17) is 14.2 Å². The number of phenols is 1. The number of allylic oxidation sites excluding steroid dienone is 1. The zero-order valence-corrected chi connectivity index (χ0v) is 18.9. The summed E-state index contributed by atoms with van der Waals surface area (Å²) in [6.45, 7) is -0.00908. The molecule has 11 nitrogen and oxygen atoms in total. The van der Waals surface area contributed by atoms with E-state index in [0.29, 0.717) is 11.3 Å². The van der Waals surface area contributed by atoms with Crippen LogP contribution in [0.2, 0.25) is 0 Å². The molecule has 1 heterocycles. The number of aromatic nitrogens is 2. The van der Waals surface area contributed by atoms with Gasteiger partial charge in [0.1, 0.15) is 6.61 Å². The second-order valence-corrected chi connectivity index (χ2v) is 8.66. The number of ether oxygens (including phenoxy) is 3. The first-order valence-corrected chi connectivity index (χ1v) is 11.5. The maximum absolute atomic E-state index is 12.7. The van der Waals surface area contributed by atoms with E-state index in [9.17, 15) is 23.5 Å². The van der Waals surface area contributed by atoms with Crippen LogP contribution in [0.15, 0.2) is 69.2 Å². The number of rotatable bonds is 12. The SMILES string of the molecule is COc1cc(/C=C/C(=O)CCOCCOc2no[n+]([O-])c2S(=O)(=O)c2ccccc2)ccc1O. The molecule has 0 aliphatic heterocycles. The van der Waals surface area contributed by atoms with Crippen molar-refractivity contribution in [2.24, 2.45) is 0 Å². The number of carbonyl (C=O) groups is 1. The lowest BCUT2D eigenvalue weighted by Gasteiger charge is -2.04. The maximum Gasteiger partial charge on any atom is 0.415 e. The Morgan fingerprint density at radius 3 is 2.68 bits per heavy atom. The number of aromatic hydroxyl groups is 1. The lowest BCUT2D eigenvalue weighted by Crippen LogP contribution is -2.31. The third-order valence-corrected chi connectivity index (χ3v) is 6.20. The molecule has 0 spiro atoms. The molecule has 34 heavy (non-hydrogen) atoms. The minimum Gasteiger partial charge on any atom is -0.504 e. The van der Waals surface area contributed by atoms with Crippen molar-refractivity contribution in [1.82, 2.24) is 5.16 Å². The van der Waals surface area contributed by atoms with Crippen LogP contribution in [0.1, 0.15) is 12.0 Å². The quantitative estimate of drug-likeness (QED) is 0.226. The molecule has 0 saturated carbocycles. The number of hydrogen-bond donors (Lipinski definition) is 1. The van der Waals surface area contributed by atoms with E-state index in [1.807, 2.05) is 0 Å². The van der Waals surface area contributed by atoms with Crippen molar-refractivity contribution in [2.45, 2.75) is 16.3 Å². The molecule has 0 saturated heterocycles. The van der Waals surface area contributed by atoms with Crippen molar-refractivity contribution in [2.75, 3.05) is 26.9 Å². The third kappa shape index (κ3) is 6.11. The summed E-state index contributed by atoms with van der Waals surface area (Å²) in [7, 11) is -2.77. The van der Waals surface area contributed by atoms with Crippen molar-refractivity contribution in [3.05, 3.63) is 65.4 Å². The molecule has 0 amide bonds. The van der Waals surface area contributed by atoms with Crippen LogP contribution in [-0.2, 0) is 19.4 Å². The predicted octanol–water partition coefficient (Wildman–Crippen LogP) is 1.92. The molecule has 0 unspecified atom stereocenters. The van der Waals surface area contributed by atoms with E-state index in [-0.39, 0.29) is 47.6 Å². The molecule has 0 aliphatic carbocycles. The second-order valence-electron chi connectivity index (χ2n) is 6.80. The zero-order chi connectivity index (χ0) is 24.6. The molecule has 12 heteroatoms. The molecule has 0 fully saturated rings. The summed E-state index contributed by atoms with van der Waals surface area (Å²) in [6, 6.07) is 12.0. The molecular weight excluding hydrogens is 468 g/mol. The number of methoxy groups -OCH3 is 1. The molecule has 0 atom stereocenters. The molecule has 0 bridgehead atoms. The Labute approximate surface area is 195 Å². The fraction of sp³-hybridized carbons (Fsp3) is 0.227. The molecular formula is C22H22N2O9S. The molecule has 3 rings (SSSR count). The first-order valence-electron chi connectivity index (χ1n) is 10.0. The van der Waals surface area contributed by atoms with Gasteiger partial charge in [-0.3, -0.25) is 9.42 Å². The van der Waals surface area contributed by atoms with Crippen molar-refractivity contribution in [3.63, 3.8) is 0 Å². The van der Waals surface area contributed by atoms with Gasteiger partial charge in [-0.15, -0.1) is 0 Å². The highest BCUT2D eigenvalue weighted by Crippen LogP contribution is 2.27. The van der Waals surface area contributed by atoms with Gasteiger partial charge in [-0.1, -0.05) is 30.3 Å². The Kier molecular flexibility index (Phi) is 8.22. The molecule has 3 aromatic rings. The highest BCUT2D eigenvalue weighted by Gasteiger charge is 2.35. The Morgan fingerprint density at radius 2 is 1.94 bits per heavy atom. The Hall–Kier alpha value is -3.90. The minimum atomic E-state index is -4.20. The number of carbonyl (C=O) groups excluding carboxylic acids is 1. The fourth-order valence-corrected chi connectivity index (χ4v) is 4.08. The summed E-state index contributed by atoms with van der Waals surface area (Å²) >= 11 is 0. The second kappa shape index (κ2) is 11.3. The van der Waals surface area contributed by atoms with E-state index in [0.717, 1.165) is 0 Å². The summed E-state index contributed by atoms with van der Waals surface area (Å²) in [5.74, 6) is -0.367. The van der Waals surface area contributed by atoms with Crippen molar-refractivity contribution in [1.29, 1.82) is 0 Å². The van der Waals surface area contributed by atoms with Crippen molar-refractivity contribution < 1.29 is 42.1 Å². The van der Waals surface area contributed by atoms with Crippen molar-refractivity contribution >= 4 is 21.7 Å². The van der Waals surface area contributed by atoms with Crippen LogP contribution in [-0.4, -0.2) is 51.4 Å². The van der Waals surface area contributed by atoms with Crippen LogP contribution >= 0.6 is 0 Å². The molecule has 2 aromatic carbocycles. The van der Waals surface area contributed by atoms with Gasteiger partial charge >= 0.3 is 10.9 Å². The van der Waals surface area contributed by atoms with Crippen LogP contribution in [0.3, 0.4) is 0 Å². The van der Waals surface area contributed by atoms with Gasteiger partial charge in [-0.2, -0.15) is 0 Å². The third-order valence-electron chi connectivity index (χ3n) is 4.48. The minimum absolute atomic E-state index is 0.00192. The molecule has 1 N–H and O–H groups in total. The van der Waals surface area contributed by atoms with Gasteiger partial charge in [-0.05, 0) is 40.8 Å². The first-order chi connectivity index (χ1) is 16.3. The van der Waals surface area contributed by atoms with Crippen LogP contribution in [0.5, 0.6) is 17.4 Å². The van der Waals surface area contributed by atoms with E-state index in [1.165, 1.54) is 43.5 Å². The largest absolute Gasteiger partial charge is 0.504 e. The number of ketones is 1. The lowest BCUT2D eigenvalue weighted by atomic mass is 10.1. The van der Waals surface area contributed by atoms with Gasteiger partial charge < -0.3 is 24.5 Å². The summed E-state index contributed by atoms with van der Waals surface area (Å²) in [5, 5.41) is 24.0. The Balaban J connectivity index is 1.45. The Morgan fingerprint density at radius 1 is 1.18 bits per heavy atom. The number of nitrogens with zero attached hydrogens (tertiary/aromatic N) is 2. The summed E-state index contributed by atoms with van der Waals surface area (Å²) in [4.78, 5) is 11.6.